The topological polar surface area (TPSA) is 85.7 Å². The summed E-state index contributed by atoms with van der Waals surface area (Å²) in [5.74, 6) is 0.382. The van der Waals surface area contributed by atoms with Gasteiger partial charge in [0.05, 0.1) is 23.4 Å². The molecule has 3 N–H and O–H groups in total. The molecule has 0 unspecified atom stereocenters. The highest BCUT2D eigenvalue weighted by molar-refractivity contribution is 8.24. The molecule has 2 aromatic rings. The smallest absolute Gasteiger partial charge is 0.272 e. The molecular formula is C20H24ClN3O3S. The van der Waals surface area contributed by atoms with Crippen molar-refractivity contribution in [3.63, 3.8) is 0 Å². The fourth-order valence-electron chi connectivity index (χ4n) is 3.84. The Bertz CT molecular complexity index is 896. The lowest BCUT2D eigenvalue weighted by atomic mass is 9.89. The number of rotatable bonds is 3. The van der Waals surface area contributed by atoms with E-state index in [0.29, 0.717) is 23.8 Å². The SMILES string of the molecule is O=C(c1ncc(Nc2cccc(Cl)c2)c2c1CCCC2)N1CCS(O)(O)CC1. The lowest BCUT2D eigenvalue weighted by Gasteiger charge is -2.41. The molecule has 1 aromatic heterocycles. The number of fused-ring (bicyclic) bond motifs is 1. The van der Waals surface area contributed by atoms with Crippen molar-refractivity contribution in [1.29, 1.82) is 0 Å². The summed E-state index contributed by atoms with van der Waals surface area (Å²) < 4.78 is 19.6. The van der Waals surface area contributed by atoms with Gasteiger partial charge in [-0.25, -0.2) is 4.98 Å². The molecule has 1 saturated heterocycles. The van der Waals surface area contributed by atoms with Crippen molar-refractivity contribution in [2.45, 2.75) is 25.7 Å². The zero-order valence-electron chi connectivity index (χ0n) is 15.5. The van der Waals surface area contributed by atoms with Crippen LogP contribution in [0.3, 0.4) is 0 Å². The monoisotopic (exact) mass is 421 g/mol. The number of nitrogens with one attached hydrogen (secondary N) is 1. The molecule has 0 radical (unpaired) electrons. The molecule has 1 aliphatic carbocycles. The number of hydrogen-bond donors (Lipinski definition) is 3. The van der Waals surface area contributed by atoms with E-state index in [1.807, 2.05) is 24.3 Å². The van der Waals surface area contributed by atoms with E-state index in [1.54, 1.807) is 11.1 Å². The van der Waals surface area contributed by atoms with Gasteiger partial charge in [-0.05, 0) is 55.0 Å². The van der Waals surface area contributed by atoms with Gasteiger partial charge in [0.2, 0.25) is 0 Å². The van der Waals surface area contributed by atoms with Crippen LogP contribution in [0, 0.1) is 0 Å². The van der Waals surface area contributed by atoms with E-state index >= 15 is 0 Å². The molecule has 4 rings (SSSR count). The summed E-state index contributed by atoms with van der Waals surface area (Å²) >= 11 is 6.09. The molecule has 0 atom stereocenters. The molecule has 1 fully saturated rings. The highest BCUT2D eigenvalue weighted by Crippen LogP contribution is 2.41. The molecule has 0 spiro atoms. The molecule has 1 aromatic carbocycles. The maximum atomic E-state index is 13.1. The highest BCUT2D eigenvalue weighted by atomic mass is 35.5. The number of anilines is 2. The zero-order chi connectivity index (χ0) is 19.7. The summed E-state index contributed by atoms with van der Waals surface area (Å²) in [6.07, 6.45) is 5.59. The second-order valence-electron chi connectivity index (χ2n) is 7.32. The Morgan fingerprint density at radius 3 is 2.57 bits per heavy atom. The van der Waals surface area contributed by atoms with E-state index in [2.05, 4.69) is 10.3 Å². The van der Waals surface area contributed by atoms with Gasteiger partial charge in [-0.15, -0.1) is 0 Å². The van der Waals surface area contributed by atoms with Gasteiger partial charge in [-0.2, -0.15) is 10.6 Å². The van der Waals surface area contributed by atoms with Crippen LogP contribution < -0.4 is 5.32 Å². The van der Waals surface area contributed by atoms with Crippen LogP contribution in [0.4, 0.5) is 11.4 Å². The Morgan fingerprint density at radius 1 is 1.14 bits per heavy atom. The maximum Gasteiger partial charge on any atom is 0.272 e. The third-order valence-electron chi connectivity index (χ3n) is 5.37. The van der Waals surface area contributed by atoms with E-state index in [4.69, 9.17) is 11.6 Å². The second kappa shape index (κ2) is 7.91. The zero-order valence-corrected chi connectivity index (χ0v) is 17.1. The van der Waals surface area contributed by atoms with Crippen molar-refractivity contribution in [3.05, 3.63) is 52.3 Å². The van der Waals surface area contributed by atoms with E-state index < -0.39 is 10.6 Å². The van der Waals surface area contributed by atoms with Crippen LogP contribution in [-0.2, 0) is 12.8 Å². The third-order valence-corrected chi connectivity index (χ3v) is 7.28. The standard InChI is InChI=1S/C20H24ClN3O3S/c21-14-4-3-5-15(12-14)23-18-13-22-19(17-7-2-1-6-16(17)18)20(25)24-8-10-28(26,27)11-9-24/h3-5,12-13,23,26-27H,1-2,6-11H2. The summed E-state index contributed by atoms with van der Waals surface area (Å²) in [6.45, 7) is 0.722. The molecule has 8 heteroatoms. The first kappa shape index (κ1) is 19.5. The first-order valence-electron chi connectivity index (χ1n) is 9.49. The van der Waals surface area contributed by atoms with Crippen molar-refractivity contribution in [2.24, 2.45) is 0 Å². The van der Waals surface area contributed by atoms with Crippen molar-refractivity contribution in [3.8, 4) is 0 Å². The van der Waals surface area contributed by atoms with E-state index in [1.165, 1.54) is 0 Å². The van der Waals surface area contributed by atoms with Gasteiger partial charge in [0.15, 0.2) is 0 Å². The minimum atomic E-state index is -2.53. The average molecular weight is 422 g/mol. The Hall–Kier alpha value is -1.80. The number of benzene rings is 1. The summed E-state index contributed by atoms with van der Waals surface area (Å²) in [5.41, 5.74) is 4.47. The van der Waals surface area contributed by atoms with Gasteiger partial charge >= 0.3 is 0 Å². The summed E-state index contributed by atoms with van der Waals surface area (Å²) in [5, 5.41) is 4.06. The molecule has 150 valence electrons. The molecular weight excluding hydrogens is 398 g/mol. The molecule has 28 heavy (non-hydrogen) atoms. The van der Waals surface area contributed by atoms with Crippen molar-refractivity contribution in [2.75, 3.05) is 29.9 Å². The van der Waals surface area contributed by atoms with Crippen molar-refractivity contribution in [1.82, 2.24) is 9.88 Å². The van der Waals surface area contributed by atoms with Crippen LogP contribution in [0.5, 0.6) is 0 Å². The molecule has 0 saturated carbocycles. The highest BCUT2D eigenvalue weighted by Gasteiger charge is 2.30. The fraction of sp³-hybridized carbons (Fsp3) is 0.400. The predicted octanol–water partition coefficient (Wildman–Crippen LogP) is 4.56. The molecule has 1 amide bonds. The van der Waals surface area contributed by atoms with Crippen LogP contribution in [0.2, 0.25) is 5.02 Å². The summed E-state index contributed by atoms with van der Waals surface area (Å²) in [4.78, 5) is 19.3. The first-order chi connectivity index (χ1) is 13.4. The van der Waals surface area contributed by atoms with Gasteiger partial charge in [0.1, 0.15) is 5.69 Å². The van der Waals surface area contributed by atoms with Gasteiger partial charge in [0.25, 0.3) is 5.91 Å². The van der Waals surface area contributed by atoms with Crippen LogP contribution >= 0.6 is 22.2 Å². The Morgan fingerprint density at radius 2 is 1.86 bits per heavy atom. The second-order valence-corrected chi connectivity index (χ2v) is 10.2. The van der Waals surface area contributed by atoms with Gasteiger partial charge in [-0.3, -0.25) is 13.9 Å². The Labute approximate surface area is 171 Å². The van der Waals surface area contributed by atoms with Crippen LogP contribution in [0.1, 0.15) is 34.5 Å². The normalized spacial score (nSPS) is 19.6. The molecule has 1 aliphatic heterocycles. The van der Waals surface area contributed by atoms with E-state index in [0.717, 1.165) is 48.2 Å². The number of aromatic nitrogens is 1. The predicted molar refractivity (Wildman–Crippen MR) is 114 cm³/mol. The minimum absolute atomic E-state index is 0.109. The Kier molecular flexibility index (Phi) is 5.51. The van der Waals surface area contributed by atoms with Gasteiger partial charge < -0.3 is 10.2 Å². The minimum Gasteiger partial charge on any atom is -0.354 e. The quantitative estimate of drug-likeness (QED) is 0.676. The number of carbonyl (C=O) groups is 1. The lowest BCUT2D eigenvalue weighted by molar-refractivity contribution is 0.0760. The molecule has 0 bridgehead atoms. The third kappa shape index (κ3) is 4.12. The number of halogens is 1. The molecule has 2 aliphatic rings. The summed E-state index contributed by atoms with van der Waals surface area (Å²) in [7, 11) is -2.53. The number of carbonyl (C=O) groups excluding carboxylic acids is 1. The van der Waals surface area contributed by atoms with Crippen molar-refractivity contribution < 1.29 is 13.9 Å². The van der Waals surface area contributed by atoms with E-state index in [9.17, 15) is 13.9 Å². The summed E-state index contributed by atoms with van der Waals surface area (Å²) in [6, 6.07) is 7.54. The molecule has 6 nitrogen and oxygen atoms in total. The average Bonchev–Trinajstić information content (AvgIpc) is 2.68. The largest absolute Gasteiger partial charge is 0.354 e. The number of pyridine rings is 1. The number of amides is 1. The number of hydrogen-bond acceptors (Lipinski definition) is 5. The lowest BCUT2D eigenvalue weighted by Crippen LogP contribution is -2.43. The fourth-order valence-corrected chi connectivity index (χ4v) is 5.26. The van der Waals surface area contributed by atoms with Gasteiger partial charge in [-0.1, -0.05) is 17.7 Å². The number of nitrogens with zero attached hydrogens (tertiary/aromatic N) is 2. The van der Waals surface area contributed by atoms with Crippen molar-refractivity contribution >= 4 is 39.5 Å². The Balaban J connectivity index is 1.62. The van der Waals surface area contributed by atoms with E-state index in [-0.39, 0.29) is 17.4 Å². The van der Waals surface area contributed by atoms with Crippen LogP contribution in [0.15, 0.2) is 30.5 Å². The van der Waals surface area contributed by atoms with Crippen LogP contribution in [-0.4, -0.2) is 49.5 Å². The first-order valence-corrected chi connectivity index (χ1v) is 11.8. The molecule has 2 heterocycles. The van der Waals surface area contributed by atoms with Crippen LogP contribution in [0.25, 0.3) is 0 Å². The maximum absolute atomic E-state index is 13.1. The van der Waals surface area contributed by atoms with Gasteiger partial charge in [0, 0.05) is 23.8 Å².